The van der Waals surface area contributed by atoms with Gasteiger partial charge in [-0.2, -0.15) is 0 Å². The first-order valence-electron chi connectivity index (χ1n) is 8.19. The number of thioether (sulfide) groups is 1. The number of carbonyl (C=O) groups is 2. The van der Waals surface area contributed by atoms with Gasteiger partial charge in [-0.1, -0.05) is 6.92 Å². The van der Waals surface area contributed by atoms with Crippen LogP contribution in [0.5, 0.6) is 0 Å². The van der Waals surface area contributed by atoms with Crippen LogP contribution in [0.2, 0.25) is 0 Å². The van der Waals surface area contributed by atoms with Crippen molar-refractivity contribution in [3.8, 4) is 0 Å². The second kappa shape index (κ2) is 6.07. The highest BCUT2D eigenvalue weighted by Crippen LogP contribution is 2.51. The normalized spacial score (nSPS) is 33.6. The molecule has 132 valence electrons. The van der Waals surface area contributed by atoms with Gasteiger partial charge in [0, 0.05) is 29.2 Å². The molecule has 3 aliphatic heterocycles. The molecule has 0 spiro atoms. The van der Waals surface area contributed by atoms with Crippen LogP contribution in [0.4, 0.5) is 0 Å². The van der Waals surface area contributed by atoms with Gasteiger partial charge in [-0.3, -0.25) is 10.2 Å². The van der Waals surface area contributed by atoms with E-state index >= 15 is 0 Å². The van der Waals surface area contributed by atoms with Gasteiger partial charge in [0.1, 0.15) is 5.70 Å². The van der Waals surface area contributed by atoms with Gasteiger partial charge in [-0.15, -0.1) is 11.8 Å². The molecule has 8 heteroatoms. The standard InChI is InChI=1S/C16H23N3O4S/c1-7-12-11(8(2)20)15(21)19(12)13(16(22)23)14(7)24-10-4-5-18(6-10)9(3)17/h7-8,10-12,17,20H,4-6H2,1-3H3,(H,22,23)/t7-,8-,10+,11-,12?/m1/s1. The average Bonchev–Trinajstić information content (AvgIpc) is 3.03. The average molecular weight is 353 g/mol. The summed E-state index contributed by atoms with van der Waals surface area (Å²) in [6.07, 6.45) is 0.116. The molecule has 0 aromatic heterocycles. The van der Waals surface area contributed by atoms with Crippen LogP contribution in [-0.2, 0) is 9.59 Å². The molecule has 0 bridgehead atoms. The molecule has 3 aliphatic rings. The molecular formula is C16H23N3O4S. The predicted molar refractivity (Wildman–Crippen MR) is 90.6 cm³/mol. The van der Waals surface area contributed by atoms with Gasteiger partial charge >= 0.3 is 5.97 Å². The molecule has 0 aromatic carbocycles. The summed E-state index contributed by atoms with van der Waals surface area (Å²) in [7, 11) is 0. The Bertz CT molecular complexity index is 633. The smallest absolute Gasteiger partial charge is 0.353 e. The highest BCUT2D eigenvalue weighted by Gasteiger charge is 2.60. The molecule has 5 atom stereocenters. The largest absolute Gasteiger partial charge is 0.477 e. The van der Waals surface area contributed by atoms with Crippen LogP contribution in [0.25, 0.3) is 0 Å². The number of nitrogens with zero attached hydrogens (tertiary/aromatic N) is 2. The zero-order chi connectivity index (χ0) is 17.8. The summed E-state index contributed by atoms with van der Waals surface area (Å²) in [5.41, 5.74) is 0.0874. The Kier molecular flexibility index (Phi) is 4.37. The summed E-state index contributed by atoms with van der Waals surface area (Å²) in [5.74, 6) is -1.45. The van der Waals surface area contributed by atoms with Crippen LogP contribution in [0, 0.1) is 17.2 Å². The third-order valence-electron chi connectivity index (χ3n) is 5.22. The number of β-lactam (4-membered cyclic amide) rings is 1. The molecule has 0 radical (unpaired) electrons. The summed E-state index contributed by atoms with van der Waals surface area (Å²) in [4.78, 5) is 28.1. The Hall–Kier alpha value is -1.54. The summed E-state index contributed by atoms with van der Waals surface area (Å²) < 4.78 is 0. The number of carboxylic acid groups (broad SMARTS) is 1. The van der Waals surface area contributed by atoms with Crippen LogP contribution in [-0.4, -0.2) is 68.2 Å². The first-order valence-corrected chi connectivity index (χ1v) is 9.07. The van der Waals surface area contributed by atoms with Gasteiger partial charge in [0.05, 0.1) is 23.9 Å². The van der Waals surface area contributed by atoms with E-state index in [-0.39, 0.29) is 28.8 Å². The number of aliphatic hydroxyl groups excluding tert-OH is 1. The number of nitrogens with one attached hydrogen (secondary N) is 1. The SMILES string of the molecule is CC(=N)N1CC[C@H](SC2=C(C(=O)O)N3C(=O)[C@H]([C@@H](C)O)C3[C@H]2C)C1. The number of aliphatic hydroxyl groups is 1. The zero-order valence-corrected chi connectivity index (χ0v) is 14.8. The van der Waals surface area contributed by atoms with Crippen LogP contribution in [0.3, 0.4) is 0 Å². The minimum absolute atomic E-state index is 0.0874. The van der Waals surface area contributed by atoms with Crippen molar-refractivity contribution in [2.45, 2.75) is 44.6 Å². The Labute approximate surface area is 145 Å². The van der Waals surface area contributed by atoms with Crippen molar-refractivity contribution in [1.82, 2.24) is 9.80 Å². The Balaban J connectivity index is 1.83. The first-order chi connectivity index (χ1) is 11.2. The van der Waals surface area contributed by atoms with E-state index in [4.69, 9.17) is 5.41 Å². The van der Waals surface area contributed by atoms with E-state index in [1.807, 2.05) is 11.8 Å². The van der Waals surface area contributed by atoms with Crippen molar-refractivity contribution in [2.75, 3.05) is 13.1 Å². The number of likely N-dealkylation sites (tertiary alicyclic amines) is 1. The lowest BCUT2D eigenvalue weighted by molar-refractivity contribution is -0.163. The van der Waals surface area contributed by atoms with Crippen molar-refractivity contribution in [3.05, 3.63) is 10.6 Å². The van der Waals surface area contributed by atoms with Gasteiger partial charge < -0.3 is 20.0 Å². The fourth-order valence-corrected chi connectivity index (χ4v) is 5.48. The molecule has 24 heavy (non-hydrogen) atoms. The second-order valence-electron chi connectivity index (χ2n) is 6.83. The third-order valence-corrected chi connectivity index (χ3v) is 6.76. The maximum Gasteiger partial charge on any atom is 0.353 e. The predicted octanol–water partition coefficient (Wildman–Crippen LogP) is 0.945. The van der Waals surface area contributed by atoms with Crippen molar-refractivity contribution in [2.24, 2.45) is 11.8 Å². The topological polar surface area (TPSA) is 105 Å². The highest BCUT2D eigenvalue weighted by atomic mass is 32.2. The fraction of sp³-hybridized carbons (Fsp3) is 0.688. The van der Waals surface area contributed by atoms with E-state index in [9.17, 15) is 19.8 Å². The lowest BCUT2D eigenvalue weighted by atomic mass is 9.79. The molecule has 7 nitrogen and oxygen atoms in total. The fourth-order valence-electron chi connectivity index (χ4n) is 3.99. The van der Waals surface area contributed by atoms with E-state index in [2.05, 4.69) is 0 Å². The maximum absolute atomic E-state index is 12.3. The van der Waals surface area contributed by atoms with Crippen molar-refractivity contribution in [3.63, 3.8) is 0 Å². The zero-order valence-electron chi connectivity index (χ0n) is 14.0. The molecule has 3 rings (SSSR count). The van der Waals surface area contributed by atoms with E-state index in [1.165, 1.54) is 16.7 Å². The molecule has 1 unspecified atom stereocenters. The number of aliphatic carboxylic acids is 1. The Morgan fingerprint density at radius 2 is 2.12 bits per heavy atom. The van der Waals surface area contributed by atoms with Gasteiger partial charge in [-0.05, 0) is 20.3 Å². The van der Waals surface area contributed by atoms with Crippen molar-refractivity contribution in [1.29, 1.82) is 5.41 Å². The summed E-state index contributed by atoms with van der Waals surface area (Å²) in [6, 6.07) is -0.256. The molecular weight excluding hydrogens is 330 g/mol. The molecule has 0 saturated carbocycles. The number of amidine groups is 1. The lowest BCUT2D eigenvalue weighted by Gasteiger charge is -2.46. The second-order valence-corrected chi connectivity index (χ2v) is 8.17. The van der Waals surface area contributed by atoms with Crippen LogP contribution in [0.1, 0.15) is 27.2 Å². The van der Waals surface area contributed by atoms with Crippen LogP contribution < -0.4 is 0 Å². The first kappa shape index (κ1) is 17.3. The van der Waals surface area contributed by atoms with E-state index < -0.39 is 18.0 Å². The van der Waals surface area contributed by atoms with Crippen LogP contribution in [0.15, 0.2) is 10.6 Å². The minimum atomic E-state index is -1.08. The summed E-state index contributed by atoms with van der Waals surface area (Å²) in [5, 5.41) is 27.4. The quantitative estimate of drug-likeness (QED) is 0.395. The Morgan fingerprint density at radius 1 is 1.46 bits per heavy atom. The molecule has 3 heterocycles. The van der Waals surface area contributed by atoms with Gasteiger partial charge in [0.2, 0.25) is 5.91 Å². The molecule has 2 fully saturated rings. The van der Waals surface area contributed by atoms with Crippen molar-refractivity contribution >= 4 is 29.5 Å². The number of amides is 1. The van der Waals surface area contributed by atoms with E-state index in [0.29, 0.717) is 5.84 Å². The molecule has 0 aliphatic carbocycles. The number of carbonyl (C=O) groups excluding carboxylic acids is 1. The highest BCUT2D eigenvalue weighted by molar-refractivity contribution is 8.03. The van der Waals surface area contributed by atoms with Gasteiger partial charge in [-0.25, -0.2) is 4.79 Å². The number of hydrogen-bond donors (Lipinski definition) is 3. The number of rotatable bonds is 4. The van der Waals surface area contributed by atoms with E-state index in [0.717, 1.165) is 24.4 Å². The lowest BCUT2D eigenvalue weighted by Crippen LogP contribution is -2.63. The number of hydrogen-bond acceptors (Lipinski definition) is 5. The van der Waals surface area contributed by atoms with Gasteiger partial charge in [0.25, 0.3) is 0 Å². The maximum atomic E-state index is 12.3. The van der Waals surface area contributed by atoms with Crippen molar-refractivity contribution < 1.29 is 19.8 Å². The minimum Gasteiger partial charge on any atom is -0.477 e. The Morgan fingerprint density at radius 3 is 2.62 bits per heavy atom. The number of fused-ring (bicyclic) bond motifs is 1. The number of carboxylic acids is 1. The van der Waals surface area contributed by atoms with Crippen LogP contribution >= 0.6 is 11.8 Å². The van der Waals surface area contributed by atoms with E-state index in [1.54, 1.807) is 13.8 Å². The molecule has 1 amide bonds. The monoisotopic (exact) mass is 353 g/mol. The third kappa shape index (κ3) is 2.52. The molecule has 3 N–H and O–H groups in total. The molecule has 0 aromatic rings. The summed E-state index contributed by atoms with van der Waals surface area (Å²) >= 11 is 1.53. The van der Waals surface area contributed by atoms with Gasteiger partial charge in [0.15, 0.2) is 0 Å². The molecule has 2 saturated heterocycles. The summed E-state index contributed by atoms with van der Waals surface area (Å²) in [6.45, 7) is 6.80.